The number of unbranched alkanes of at least 4 members (excludes halogenated alkanes) is 1. The van der Waals surface area contributed by atoms with Crippen LogP contribution < -0.4 is 15.0 Å². The van der Waals surface area contributed by atoms with Crippen LogP contribution in [0.1, 0.15) is 234 Å². The third kappa shape index (κ3) is 15.8. The van der Waals surface area contributed by atoms with Gasteiger partial charge in [0, 0.05) is 33.6 Å². The lowest BCUT2D eigenvalue weighted by Crippen LogP contribution is -2.51. The molecule has 0 fully saturated rings. The monoisotopic (exact) mass is 1090 g/mol. The van der Waals surface area contributed by atoms with E-state index in [1.807, 2.05) is 0 Å². The topological polar surface area (TPSA) is 15.3 Å². The molecule has 1 N–H and O–H groups in total. The van der Waals surface area contributed by atoms with Crippen molar-refractivity contribution in [1.29, 1.82) is 0 Å². The third-order valence-corrected chi connectivity index (χ3v) is 20.3. The molecule has 434 valence electrons. The minimum atomic E-state index is 0.0631. The van der Waals surface area contributed by atoms with Crippen LogP contribution in [0.15, 0.2) is 164 Å². The molecule has 2 unspecified atom stereocenters. The maximum absolute atomic E-state index is 4.36. The van der Waals surface area contributed by atoms with E-state index in [2.05, 4.69) is 270 Å². The van der Waals surface area contributed by atoms with Crippen LogP contribution in [-0.4, -0.2) is 25.8 Å². The minimum Gasteiger partial charge on any atom is -0.382 e. The molecular weight excluding hydrogens is 984 g/mol. The standard InChI is InChI=1S/C76H111BN2S/c1-22-28-32-57-35-36-63(59(26-5)47-57)56(11)60(48-58(25-4)55(10)54(9)24-3)51-78-68(46-53(7)8)67-52-79(62-34-31-40-73(14,15)42-43-74(16,17)41-37-62)70-64-49-65-66(76(20,21)45-44-75(65,18)19)50-69(64)80-71(70)77(67)61(27-6)33-30-39-72(12,13)38-29-23-2/h22,26-28,30-33,35-37,40-41,46,48-50,54,62,78H,23-25,29,34,38-39,42-45,47,51-52H2,1-21H3/b28-22-,33-30-,40-31+,41-37+,57-32-,58-55+,59-26-,60-48+,61-27+,63-56+,68-67-. The Morgan fingerprint density at radius 3 is 2.16 bits per heavy atom. The largest absolute Gasteiger partial charge is 0.382 e. The van der Waals surface area contributed by atoms with Crippen molar-refractivity contribution in [3.05, 3.63) is 176 Å². The van der Waals surface area contributed by atoms with Crippen LogP contribution in [0.5, 0.6) is 0 Å². The molecule has 4 aliphatic rings. The number of benzene rings is 1. The van der Waals surface area contributed by atoms with E-state index in [0.717, 1.165) is 45.1 Å². The Morgan fingerprint density at radius 2 is 1.55 bits per heavy atom. The molecule has 3 aliphatic carbocycles. The summed E-state index contributed by atoms with van der Waals surface area (Å²) in [5, 5.41) is 5.80. The van der Waals surface area contributed by atoms with Crippen molar-refractivity contribution in [3.63, 3.8) is 0 Å². The predicted molar refractivity (Wildman–Crippen MR) is 362 cm³/mol. The quantitative estimate of drug-likeness (QED) is 0.0909. The zero-order chi connectivity index (χ0) is 59.0. The first-order chi connectivity index (χ1) is 37.6. The Labute approximate surface area is 496 Å². The number of thiophene rings is 1. The Balaban J connectivity index is 1.72. The summed E-state index contributed by atoms with van der Waals surface area (Å²) in [7, 11) is 0. The third-order valence-electron chi connectivity index (χ3n) is 19.1. The smallest absolute Gasteiger partial charge is 0.256 e. The summed E-state index contributed by atoms with van der Waals surface area (Å²) in [5.41, 5.74) is 20.4. The minimum absolute atomic E-state index is 0.0631. The van der Waals surface area contributed by atoms with Gasteiger partial charge in [0.2, 0.25) is 0 Å². The van der Waals surface area contributed by atoms with Crippen molar-refractivity contribution >= 4 is 38.6 Å². The van der Waals surface area contributed by atoms with Crippen molar-refractivity contribution < 1.29 is 0 Å². The van der Waals surface area contributed by atoms with Crippen molar-refractivity contribution in [2.45, 2.75) is 239 Å². The Kier molecular flexibility index (Phi) is 22.0. The molecule has 80 heavy (non-hydrogen) atoms. The lowest BCUT2D eigenvalue weighted by Gasteiger charge is -2.43. The van der Waals surface area contributed by atoms with Crippen LogP contribution in [-0.2, 0) is 10.8 Å². The maximum atomic E-state index is 4.36. The molecule has 1 aromatic heterocycles. The molecule has 2 heterocycles. The number of anilines is 1. The lowest BCUT2D eigenvalue weighted by molar-refractivity contribution is 0.327. The fourth-order valence-corrected chi connectivity index (χ4v) is 14.3. The molecule has 0 bridgehead atoms. The first-order valence-corrected chi connectivity index (χ1v) is 32.4. The second kappa shape index (κ2) is 27.2. The molecule has 2 atom stereocenters. The molecule has 6 rings (SSSR count). The van der Waals surface area contributed by atoms with Gasteiger partial charge < -0.3 is 10.2 Å². The molecule has 0 amide bonds. The van der Waals surface area contributed by atoms with Gasteiger partial charge in [-0.2, -0.15) is 0 Å². The highest BCUT2D eigenvalue weighted by molar-refractivity contribution is 7.31. The second-order valence-electron chi connectivity index (χ2n) is 28.4. The van der Waals surface area contributed by atoms with Crippen LogP contribution in [0.2, 0.25) is 0 Å². The summed E-state index contributed by atoms with van der Waals surface area (Å²) >= 11 is 2.09. The van der Waals surface area contributed by atoms with Gasteiger partial charge in [0.25, 0.3) is 6.71 Å². The number of fused-ring (bicyclic) bond motifs is 4. The van der Waals surface area contributed by atoms with E-state index in [9.17, 15) is 0 Å². The van der Waals surface area contributed by atoms with Gasteiger partial charge in [-0.3, -0.25) is 0 Å². The van der Waals surface area contributed by atoms with Crippen LogP contribution in [0.25, 0.3) is 10.1 Å². The molecule has 1 aromatic carbocycles. The maximum Gasteiger partial charge on any atom is 0.256 e. The number of hydrogen-bond donors (Lipinski definition) is 1. The first kappa shape index (κ1) is 64.6. The highest BCUT2D eigenvalue weighted by atomic mass is 32.1. The average Bonchev–Trinajstić information content (AvgIpc) is 4.03. The Hall–Kier alpha value is -4.54. The lowest BCUT2D eigenvalue weighted by atomic mass is 9.36. The Morgan fingerprint density at radius 1 is 0.875 bits per heavy atom. The zero-order valence-electron chi connectivity index (χ0n) is 54.8. The van der Waals surface area contributed by atoms with E-state index in [1.54, 1.807) is 11.1 Å². The van der Waals surface area contributed by atoms with Crippen molar-refractivity contribution in [2.24, 2.45) is 22.2 Å². The highest BCUT2D eigenvalue weighted by Gasteiger charge is 2.43. The van der Waals surface area contributed by atoms with E-state index in [1.165, 1.54) is 120 Å². The van der Waals surface area contributed by atoms with Gasteiger partial charge in [0.05, 0.1) is 11.7 Å². The number of nitrogens with one attached hydrogen (secondary N) is 1. The fourth-order valence-electron chi connectivity index (χ4n) is 12.9. The van der Waals surface area contributed by atoms with Gasteiger partial charge in [-0.05, 0) is 214 Å². The number of hydrogen-bond acceptors (Lipinski definition) is 3. The van der Waals surface area contributed by atoms with E-state index in [-0.39, 0.29) is 39.8 Å². The average molecular weight is 1100 g/mol. The molecule has 0 spiro atoms. The van der Waals surface area contributed by atoms with Crippen molar-refractivity contribution in [1.82, 2.24) is 5.32 Å². The van der Waals surface area contributed by atoms with Crippen LogP contribution in [0, 0.1) is 22.2 Å². The summed E-state index contributed by atoms with van der Waals surface area (Å²) in [6, 6.07) is 5.51. The van der Waals surface area contributed by atoms with Crippen LogP contribution in [0.3, 0.4) is 0 Å². The van der Waals surface area contributed by atoms with Crippen molar-refractivity contribution in [2.75, 3.05) is 18.0 Å². The molecule has 2 nitrogen and oxygen atoms in total. The van der Waals surface area contributed by atoms with Gasteiger partial charge in [-0.1, -0.05) is 211 Å². The van der Waals surface area contributed by atoms with Gasteiger partial charge in [0.1, 0.15) is 0 Å². The normalized spacial score (nSPS) is 24.2. The molecule has 0 saturated carbocycles. The molecule has 0 saturated heterocycles. The van der Waals surface area contributed by atoms with Crippen LogP contribution >= 0.6 is 11.3 Å². The molecule has 0 radical (unpaired) electrons. The summed E-state index contributed by atoms with van der Waals surface area (Å²) in [6.07, 6.45) is 50.1. The van der Waals surface area contributed by atoms with E-state index in [4.69, 9.17) is 0 Å². The van der Waals surface area contributed by atoms with Gasteiger partial charge in [-0.25, -0.2) is 0 Å². The summed E-state index contributed by atoms with van der Waals surface area (Å²) < 4.78 is 2.92. The molecule has 4 heteroatoms. The number of rotatable bonds is 18. The van der Waals surface area contributed by atoms with E-state index in [0.29, 0.717) is 12.5 Å². The SMILES string of the molecule is C/C=C\C=C1C=CC(=C(C)\C(=C\C(CC)=C(/C)C(C)CC)CN/C(C=C(C)C)=C2/CN(C3/C=C/C(C)(C)CCC(C)(C)/C=C/C3)c3c(sc4cc5c(cc34)C(C)(C)CCC5(C)C)B2C(/C=C\CC(C)(C)CCCC)=C/C)/C(=C\C)C\1. The highest BCUT2D eigenvalue weighted by Crippen LogP contribution is 2.50. The molecular formula is C76H111BN2S. The predicted octanol–water partition coefficient (Wildman–Crippen LogP) is 21.9. The van der Waals surface area contributed by atoms with Gasteiger partial charge in [-0.15, -0.1) is 11.3 Å². The fraction of sp³-hybridized carbons (Fsp3) is 0.553. The van der Waals surface area contributed by atoms with Gasteiger partial charge >= 0.3 is 0 Å². The summed E-state index contributed by atoms with van der Waals surface area (Å²) in [6.45, 7) is 51.7. The zero-order valence-corrected chi connectivity index (χ0v) is 55.6. The second-order valence-corrected chi connectivity index (χ2v) is 29.5. The molecule has 1 aliphatic heterocycles. The summed E-state index contributed by atoms with van der Waals surface area (Å²) in [4.78, 5) is 2.88. The molecule has 2 aromatic rings. The van der Waals surface area contributed by atoms with E-state index >= 15 is 0 Å². The van der Waals surface area contributed by atoms with Crippen molar-refractivity contribution in [3.8, 4) is 0 Å². The Bertz CT molecular complexity index is 2950. The van der Waals surface area contributed by atoms with Crippen LogP contribution in [0.4, 0.5) is 5.69 Å². The summed E-state index contributed by atoms with van der Waals surface area (Å²) in [5.74, 6) is 0.519. The van der Waals surface area contributed by atoms with Gasteiger partial charge in [0.15, 0.2) is 0 Å². The number of allylic oxidation sites excluding steroid dienone is 20. The first-order valence-electron chi connectivity index (χ1n) is 31.6. The van der Waals surface area contributed by atoms with E-state index < -0.39 is 0 Å². The number of nitrogens with zero attached hydrogens (tertiary/aromatic N) is 1.